The number of nitrogens with zero attached hydrogens (tertiary/aromatic N) is 1. The molecule has 0 saturated carbocycles. The molecule has 1 N–H and O–H groups in total. The molecule has 1 fully saturated rings. The SMILES string of the molecule is C=CC(=O)Nc1ccc(S(=O)(=O)CC2CCN(C(=O)OCc3ccccc3)CC2)cc1. The lowest BCUT2D eigenvalue weighted by atomic mass is 9.99. The molecule has 8 heteroatoms. The molecule has 1 aliphatic rings. The third kappa shape index (κ3) is 6.42. The van der Waals surface area contributed by atoms with E-state index >= 15 is 0 Å². The number of likely N-dealkylation sites (tertiary alicyclic amines) is 1. The molecular weight excluding hydrogens is 416 g/mol. The maximum absolute atomic E-state index is 12.8. The highest BCUT2D eigenvalue weighted by atomic mass is 32.2. The Morgan fingerprint density at radius 3 is 2.32 bits per heavy atom. The first-order valence-corrected chi connectivity index (χ1v) is 11.7. The minimum absolute atomic E-state index is 0.0247. The predicted octanol–water partition coefficient (Wildman–Crippen LogP) is 3.63. The molecule has 0 bridgehead atoms. The second-order valence-electron chi connectivity index (χ2n) is 7.47. The van der Waals surface area contributed by atoms with Gasteiger partial charge in [-0.2, -0.15) is 0 Å². The highest BCUT2D eigenvalue weighted by Crippen LogP contribution is 2.24. The fourth-order valence-corrected chi connectivity index (χ4v) is 5.14. The van der Waals surface area contributed by atoms with E-state index in [1.807, 2.05) is 30.3 Å². The lowest BCUT2D eigenvalue weighted by molar-refractivity contribution is -0.111. The van der Waals surface area contributed by atoms with Crippen molar-refractivity contribution >= 4 is 27.5 Å². The number of rotatable bonds is 7. The quantitative estimate of drug-likeness (QED) is 0.661. The predicted molar refractivity (Wildman–Crippen MR) is 118 cm³/mol. The topological polar surface area (TPSA) is 92.8 Å². The van der Waals surface area contributed by atoms with Gasteiger partial charge in [-0.05, 0) is 54.7 Å². The summed E-state index contributed by atoms with van der Waals surface area (Å²) in [5.41, 5.74) is 1.43. The third-order valence-corrected chi connectivity index (χ3v) is 7.10. The molecule has 0 aromatic heterocycles. The number of anilines is 1. The number of ether oxygens (including phenoxy) is 1. The van der Waals surface area contributed by atoms with E-state index in [2.05, 4.69) is 11.9 Å². The van der Waals surface area contributed by atoms with E-state index in [9.17, 15) is 18.0 Å². The summed E-state index contributed by atoms with van der Waals surface area (Å²) in [5.74, 6) is -0.355. The zero-order valence-corrected chi connectivity index (χ0v) is 18.0. The molecule has 0 unspecified atom stereocenters. The lowest BCUT2D eigenvalue weighted by Crippen LogP contribution is -2.40. The van der Waals surface area contributed by atoms with Crippen molar-refractivity contribution in [3.63, 3.8) is 0 Å². The molecule has 2 amide bonds. The molecule has 0 spiro atoms. The summed E-state index contributed by atoms with van der Waals surface area (Å²) in [6.07, 6.45) is 1.98. The van der Waals surface area contributed by atoms with Gasteiger partial charge < -0.3 is 15.0 Å². The van der Waals surface area contributed by atoms with Crippen LogP contribution in [-0.2, 0) is 26.0 Å². The van der Waals surface area contributed by atoms with Crippen LogP contribution in [0.1, 0.15) is 18.4 Å². The lowest BCUT2D eigenvalue weighted by Gasteiger charge is -2.31. The highest BCUT2D eigenvalue weighted by molar-refractivity contribution is 7.91. The molecule has 31 heavy (non-hydrogen) atoms. The van der Waals surface area contributed by atoms with Crippen LogP contribution < -0.4 is 5.32 Å². The molecule has 1 heterocycles. The van der Waals surface area contributed by atoms with Crippen LogP contribution in [0, 0.1) is 5.92 Å². The zero-order chi connectivity index (χ0) is 22.3. The van der Waals surface area contributed by atoms with Crippen LogP contribution in [0.4, 0.5) is 10.5 Å². The molecule has 1 saturated heterocycles. The van der Waals surface area contributed by atoms with Gasteiger partial charge in [0.25, 0.3) is 0 Å². The Labute approximate surface area is 182 Å². The Kier molecular flexibility index (Phi) is 7.46. The van der Waals surface area contributed by atoms with Crippen molar-refractivity contribution in [2.24, 2.45) is 5.92 Å². The minimum Gasteiger partial charge on any atom is -0.445 e. The zero-order valence-electron chi connectivity index (χ0n) is 17.2. The Balaban J connectivity index is 1.48. The number of nitrogens with one attached hydrogen (secondary N) is 1. The largest absolute Gasteiger partial charge is 0.445 e. The van der Waals surface area contributed by atoms with Crippen LogP contribution in [0.2, 0.25) is 0 Å². The van der Waals surface area contributed by atoms with Crippen LogP contribution >= 0.6 is 0 Å². The Morgan fingerprint density at radius 2 is 1.71 bits per heavy atom. The maximum Gasteiger partial charge on any atom is 0.410 e. The average molecular weight is 443 g/mol. The summed E-state index contributed by atoms with van der Waals surface area (Å²) in [6, 6.07) is 15.6. The van der Waals surface area contributed by atoms with E-state index in [4.69, 9.17) is 4.74 Å². The van der Waals surface area contributed by atoms with Crippen LogP contribution in [0.15, 0.2) is 72.1 Å². The summed E-state index contributed by atoms with van der Waals surface area (Å²) in [7, 11) is -3.46. The number of hydrogen-bond acceptors (Lipinski definition) is 5. The molecule has 2 aromatic rings. The first-order valence-electron chi connectivity index (χ1n) is 10.1. The summed E-state index contributed by atoms with van der Waals surface area (Å²) >= 11 is 0. The van der Waals surface area contributed by atoms with Crippen molar-refractivity contribution < 1.29 is 22.7 Å². The van der Waals surface area contributed by atoms with E-state index in [-0.39, 0.29) is 35.2 Å². The van der Waals surface area contributed by atoms with E-state index in [0.717, 1.165) is 11.6 Å². The molecule has 0 radical (unpaired) electrons. The minimum atomic E-state index is -3.46. The van der Waals surface area contributed by atoms with E-state index in [1.165, 1.54) is 12.1 Å². The van der Waals surface area contributed by atoms with Crippen LogP contribution in [0.25, 0.3) is 0 Å². The highest BCUT2D eigenvalue weighted by Gasteiger charge is 2.28. The summed E-state index contributed by atoms with van der Waals surface area (Å²) < 4.78 is 30.9. The number of benzene rings is 2. The first kappa shape index (κ1) is 22.6. The van der Waals surface area contributed by atoms with E-state index in [0.29, 0.717) is 31.6 Å². The van der Waals surface area contributed by atoms with Crippen LogP contribution in [0.3, 0.4) is 0 Å². The number of sulfone groups is 1. The molecule has 3 rings (SSSR count). The summed E-state index contributed by atoms with van der Waals surface area (Å²) in [4.78, 5) is 25.4. The van der Waals surface area contributed by atoms with Gasteiger partial charge in [0.1, 0.15) is 6.61 Å². The van der Waals surface area contributed by atoms with Crippen molar-refractivity contribution in [1.29, 1.82) is 0 Å². The van der Waals surface area contributed by atoms with Gasteiger partial charge in [-0.1, -0.05) is 36.9 Å². The molecule has 1 aliphatic heterocycles. The van der Waals surface area contributed by atoms with E-state index < -0.39 is 9.84 Å². The number of hydrogen-bond donors (Lipinski definition) is 1. The second kappa shape index (κ2) is 10.3. The smallest absolute Gasteiger partial charge is 0.410 e. The number of carbonyl (C=O) groups excluding carboxylic acids is 2. The number of amides is 2. The molecule has 7 nitrogen and oxygen atoms in total. The van der Waals surface area contributed by atoms with Crippen molar-refractivity contribution in [1.82, 2.24) is 4.90 Å². The van der Waals surface area contributed by atoms with Gasteiger partial charge in [0, 0.05) is 18.8 Å². The molecule has 0 atom stereocenters. The maximum atomic E-state index is 12.8. The van der Waals surface area contributed by atoms with Gasteiger partial charge in [-0.25, -0.2) is 13.2 Å². The molecule has 2 aromatic carbocycles. The van der Waals surface area contributed by atoms with Gasteiger partial charge in [0.2, 0.25) is 5.91 Å². The fourth-order valence-electron chi connectivity index (χ4n) is 3.44. The average Bonchev–Trinajstić information content (AvgIpc) is 2.78. The second-order valence-corrected chi connectivity index (χ2v) is 9.50. The monoisotopic (exact) mass is 442 g/mol. The van der Waals surface area contributed by atoms with Gasteiger partial charge in [0.05, 0.1) is 10.6 Å². The molecule has 164 valence electrons. The summed E-state index contributed by atoms with van der Waals surface area (Å²) in [5, 5.41) is 2.59. The number of carbonyl (C=O) groups is 2. The Morgan fingerprint density at radius 1 is 1.06 bits per heavy atom. The Hall–Kier alpha value is -3.13. The van der Waals surface area contributed by atoms with Crippen LogP contribution in [-0.4, -0.2) is 44.2 Å². The van der Waals surface area contributed by atoms with Gasteiger partial charge >= 0.3 is 6.09 Å². The van der Waals surface area contributed by atoms with Gasteiger partial charge in [-0.15, -0.1) is 0 Å². The standard InChI is InChI=1S/C23H26N2O5S/c1-2-22(26)24-20-8-10-21(11-9-20)31(28,29)17-19-12-14-25(15-13-19)23(27)30-16-18-6-4-3-5-7-18/h2-11,19H,1,12-17H2,(H,24,26). The fraction of sp³-hybridized carbons (Fsp3) is 0.304. The van der Waals surface area contributed by atoms with E-state index in [1.54, 1.807) is 17.0 Å². The van der Waals surface area contributed by atoms with Crippen molar-refractivity contribution in [3.8, 4) is 0 Å². The van der Waals surface area contributed by atoms with Crippen LogP contribution in [0.5, 0.6) is 0 Å². The van der Waals surface area contributed by atoms with Gasteiger partial charge in [-0.3, -0.25) is 4.79 Å². The third-order valence-electron chi connectivity index (χ3n) is 5.20. The molecular formula is C23H26N2O5S. The van der Waals surface area contributed by atoms with Crippen molar-refractivity contribution in [2.75, 3.05) is 24.2 Å². The van der Waals surface area contributed by atoms with Crippen molar-refractivity contribution in [2.45, 2.75) is 24.3 Å². The van der Waals surface area contributed by atoms with Crippen molar-refractivity contribution in [3.05, 3.63) is 72.8 Å². The Bertz CT molecular complexity index is 1010. The molecule has 0 aliphatic carbocycles. The first-order chi connectivity index (χ1) is 14.9. The van der Waals surface area contributed by atoms with Gasteiger partial charge in [0.15, 0.2) is 9.84 Å². The summed E-state index contributed by atoms with van der Waals surface area (Å²) in [6.45, 7) is 4.54. The normalized spacial score (nSPS) is 14.6. The number of piperidine rings is 1.